The normalized spacial score (nSPS) is 22.4. The molecule has 3 fully saturated rings. The monoisotopic (exact) mass is 562 g/mol. The van der Waals surface area contributed by atoms with Crippen molar-refractivity contribution in [1.29, 1.82) is 0 Å². The Morgan fingerprint density at radius 2 is 1.59 bits per heavy atom. The molecule has 2 aromatic rings. The van der Waals surface area contributed by atoms with Crippen molar-refractivity contribution in [1.82, 2.24) is 25.1 Å². The summed E-state index contributed by atoms with van der Waals surface area (Å²) in [4.78, 5) is 50.8. The van der Waals surface area contributed by atoms with E-state index in [-0.39, 0.29) is 29.7 Å². The third kappa shape index (κ3) is 6.69. The molecular formula is C31H42N6O4. The van der Waals surface area contributed by atoms with Crippen LogP contribution < -0.4 is 10.6 Å². The van der Waals surface area contributed by atoms with E-state index in [4.69, 9.17) is 5.11 Å². The van der Waals surface area contributed by atoms with Gasteiger partial charge in [0.25, 0.3) is 5.91 Å². The van der Waals surface area contributed by atoms with Gasteiger partial charge in [-0.1, -0.05) is 43.2 Å². The predicted molar refractivity (Wildman–Crippen MR) is 155 cm³/mol. The van der Waals surface area contributed by atoms with Crippen molar-refractivity contribution in [3.63, 3.8) is 0 Å². The summed E-state index contributed by atoms with van der Waals surface area (Å²) < 4.78 is 0. The number of fused-ring (bicyclic) bond motifs is 1. The lowest BCUT2D eigenvalue weighted by molar-refractivity contribution is -0.137. The zero-order valence-electron chi connectivity index (χ0n) is 24.3. The first-order valence-electron chi connectivity index (χ1n) is 14.9. The van der Waals surface area contributed by atoms with E-state index in [1.165, 1.54) is 6.92 Å². The first-order chi connectivity index (χ1) is 19.7. The number of hydrogen-bond acceptors (Lipinski definition) is 7. The van der Waals surface area contributed by atoms with Crippen LogP contribution in [0, 0.1) is 31.6 Å². The van der Waals surface area contributed by atoms with Crippen LogP contribution in [0.25, 0.3) is 0 Å². The average molecular weight is 563 g/mol. The van der Waals surface area contributed by atoms with Gasteiger partial charge < -0.3 is 25.5 Å². The van der Waals surface area contributed by atoms with Gasteiger partial charge in [0.2, 0.25) is 11.9 Å². The molecule has 2 saturated heterocycles. The fourth-order valence-electron chi connectivity index (χ4n) is 6.74. The SMILES string of the molecule is Cc1nc(NC(C)C(=O)O)nc(C)c1C(=O)N1CC2CN(CCC(NC(=O)C3CCCC3)c3ccccc3)CC2C1. The van der Waals surface area contributed by atoms with Crippen LogP contribution in [0.5, 0.6) is 0 Å². The number of carboxylic acid groups (broad SMARTS) is 1. The molecular weight excluding hydrogens is 520 g/mol. The molecule has 41 heavy (non-hydrogen) atoms. The lowest BCUT2D eigenvalue weighted by atomic mass is 10.0. The van der Waals surface area contributed by atoms with Gasteiger partial charge in [-0.3, -0.25) is 14.4 Å². The molecule has 0 spiro atoms. The van der Waals surface area contributed by atoms with Crippen LogP contribution in [-0.2, 0) is 9.59 Å². The number of carbonyl (C=O) groups is 3. The molecule has 1 saturated carbocycles. The van der Waals surface area contributed by atoms with Crippen LogP contribution in [0.1, 0.15) is 72.4 Å². The topological polar surface area (TPSA) is 128 Å². The van der Waals surface area contributed by atoms with Gasteiger partial charge in [-0.2, -0.15) is 0 Å². The Morgan fingerprint density at radius 1 is 0.976 bits per heavy atom. The number of aryl methyl sites for hydroxylation is 2. The van der Waals surface area contributed by atoms with E-state index < -0.39 is 12.0 Å². The Bertz CT molecular complexity index is 1230. The molecule has 0 radical (unpaired) electrons. The Balaban J connectivity index is 1.16. The maximum absolute atomic E-state index is 13.5. The highest BCUT2D eigenvalue weighted by Gasteiger charge is 2.42. The molecule has 10 nitrogen and oxygen atoms in total. The van der Waals surface area contributed by atoms with E-state index in [9.17, 15) is 14.4 Å². The predicted octanol–water partition coefficient (Wildman–Crippen LogP) is 3.42. The van der Waals surface area contributed by atoms with E-state index in [1.54, 1.807) is 13.8 Å². The summed E-state index contributed by atoms with van der Waals surface area (Å²) in [5.74, 6) is 0.340. The number of carboxylic acids is 1. The van der Waals surface area contributed by atoms with E-state index in [2.05, 4.69) is 37.6 Å². The van der Waals surface area contributed by atoms with Gasteiger partial charge in [0.1, 0.15) is 6.04 Å². The maximum atomic E-state index is 13.5. The Hall–Kier alpha value is -3.53. The van der Waals surface area contributed by atoms with E-state index in [1.807, 2.05) is 23.1 Å². The summed E-state index contributed by atoms with van der Waals surface area (Å²) >= 11 is 0. The molecule has 10 heteroatoms. The number of benzene rings is 1. The van der Waals surface area contributed by atoms with Crippen molar-refractivity contribution in [2.24, 2.45) is 17.8 Å². The molecule has 3 heterocycles. The zero-order chi connectivity index (χ0) is 29.1. The molecule has 4 unspecified atom stereocenters. The number of nitrogens with zero attached hydrogens (tertiary/aromatic N) is 4. The number of carbonyl (C=O) groups excluding carboxylic acids is 2. The van der Waals surface area contributed by atoms with Gasteiger partial charge in [0, 0.05) is 38.6 Å². The van der Waals surface area contributed by atoms with Gasteiger partial charge in [-0.05, 0) is 57.4 Å². The van der Waals surface area contributed by atoms with Crippen LogP contribution >= 0.6 is 0 Å². The fourth-order valence-corrected chi connectivity index (χ4v) is 6.74. The van der Waals surface area contributed by atoms with Gasteiger partial charge in [-0.15, -0.1) is 0 Å². The number of aliphatic carboxylic acids is 1. The van der Waals surface area contributed by atoms with Crippen molar-refractivity contribution < 1.29 is 19.5 Å². The molecule has 4 atom stereocenters. The molecule has 1 aliphatic carbocycles. The maximum Gasteiger partial charge on any atom is 0.325 e. The number of amides is 2. The second-order valence-electron chi connectivity index (χ2n) is 12.0. The smallest absolute Gasteiger partial charge is 0.325 e. The van der Waals surface area contributed by atoms with Crippen LogP contribution in [0.15, 0.2) is 30.3 Å². The van der Waals surface area contributed by atoms with Crippen LogP contribution in [0.3, 0.4) is 0 Å². The molecule has 5 rings (SSSR count). The molecule has 3 N–H and O–H groups in total. The van der Waals surface area contributed by atoms with Crippen LogP contribution in [-0.4, -0.2) is 81.4 Å². The summed E-state index contributed by atoms with van der Waals surface area (Å²) in [7, 11) is 0. The van der Waals surface area contributed by atoms with Gasteiger partial charge in [0.15, 0.2) is 0 Å². The number of anilines is 1. The fraction of sp³-hybridized carbons (Fsp3) is 0.581. The first-order valence-corrected chi connectivity index (χ1v) is 14.9. The van der Waals surface area contributed by atoms with E-state index >= 15 is 0 Å². The van der Waals surface area contributed by atoms with Gasteiger partial charge >= 0.3 is 5.97 Å². The van der Waals surface area contributed by atoms with Crippen molar-refractivity contribution in [3.8, 4) is 0 Å². The van der Waals surface area contributed by atoms with Gasteiger partial charge in [-0.25, -0.2) is 9.97 Å². The third-order valence-electron chi connectivity index (χ3n) is 9.03. The van der Waals surface area contributed by atoms with Crippen molar-refractivity contribution >= 4 is 23.7 Å². The largest absolute Gasteiger partial charge is 0.480 e. The quantitative estimate of drug-likeness (QED) is 0.402. The standard InChI is InChI=1S/C31H42N6O4/c1-19-27(20(2)33-31(32-19)34-21(3)30(40)41)29(39)37-17-24-15-36(16-25(24)18-37)14-13-26(22-9-5-4-6-10-22)35-28(38)23-11-7-8-12-23/h4-6,9-10,21,23-26H,7-8,11-18H2,1-3H3,(H,35,38)(H,40,41)(H,32,33,34). The van der Waals surface area contributed by atoms with E-state index in [0.29, 0.717) is 41.9 Å². The van der Waals surface area contributed by atoms with E-state index in [0.717, 1.165) is 57.3 Å². The molecule has 2 amide bonds. The minimum Gasteiger partial charge on any atom is -0.480 e. The zero-order valence-corrected chi connectivity index (χ0v) is 24.3. The highest BCUT2D eigenvalue weighted by molar-refractivity contribution is 5.96. The Kier molecular flexibility index (Phi) is 8.87. The van der Waals surface area contributed by atoms with Crippen LogP contribution in [0.2, 0.25) is 0 Å². The summed E-state index contributed by atoms with van der Waals surface area (Å²) in [6.07, 6.45) is 5.14. The van der Waals surface area contributed by atoms with Crippen molar-refractivity contribution in [2.75, 3.05) is 38.0 Å². The lowest BCUT2D eigenvalue weighted by Crippen LogP contribution is -2.37. The molecule has 1 aromatic heterocycles. The Labute approximate surface area is 241 Å². The molecule has 1 aromatic carbocycles. The summed E-state index contributed by atoms with van der Waals surface area (Å²) in [6, 6.07) is 9.45. The number of aromatic nitrogens is 2. The highest BCUT2D eigenvalue weighted by atomic mass is 16.4. The summed E-state index contributed by atoms with van der Waals surface area (Å²) in [5.41, 5.74) is 2.75. The van der Waals surface area contributed by atoms with Crippen molar-refractivity contribution in [3.05, 3.63) is 52.8 Å². The summed E-state index contributed by atoms with van der Waals surface area (Å²) in [5, 5.41) is 15.3. The number of hydrogen-bond donors (Lipinski definition) is 3. The molecule has 220 valence electrons. The summed E-state index contributed by atoms with van der Waals surface area (Å²) in [6.45, 7) is 9.26. The second kappa shape index (κ2) is 12.5. The lowest BCUT2D eigenvalue weighted by Gasteiger charge is -2.26. The van der Waals surface area contributed by atoms with Crippen molar-refractivity contribution in [2.45, 2.75) is 65.0 Å². The molecule has 3 aliphatic rings. The molecule has 2 aliphatic heterocycles. The highest BCUT2D eigenvalue weighted by Crippen LogP contribution is 2.33. The minimum atomic E-state index is -0.994. The number of likely N-dealkylation sites (tertiary alicyclic amines) is 2. The third-order valence-corrected chi connectivity index (χ3v) is 9.03. The first kappa shape index (κ1) is 29.0. The van der Waals surface area contributed by atoms with Gasteiger partial charge in [0.05, 0.1) is 23.0 Å². The minimum absolute atomic E-state index is 0.00437. The second-order valence-corrected chi connectivity index (χ2v) is 12.0. The number of nitrogens with one attached hydrogen (secondary N) is 2. The number of rotatable bonds is 10. The average Bonchev–Trinajstić information content (AvgIpc) is 3.68. The Morgan fingerprint density at radius 3 is 2.17 bits per heavy atom. The van der Waals surface area contributed by atoms with Crippen LogP contribution in [0.4, 0.5) is 5.95 Å². The molecule has 0 bridgehead atoms.